The number of likely N-dealkylation sites (tertiary alicyclic amines) is 1. The number of nitrogens with zero attached hydrogens (tertiary/aromatic N) is 1. The van der Waals surface area contributed by atoms with E-state index in [1.54, 1.807) is 0 Å². The van der Waals surface area contributed by atoms with Gasteiger partial charge < -0.3 is 15.8 Å². The van der Waals surface area contributed by atoms with Crippen LogP contribution in [0.4, 0.5) is 0 Å². The predicted octanol–water partition coefficient (Wildman–Crippen LogP) is 2.75. The van der Waals surface area contributed by atoms with Crippen molar-refractivity contribution in [2.45, 2.75) is 39.7 Å². The summed E-state index contributed by atoms with van der Waals surface area (Å²) in [6.07, 6.45) is 1.89. The van der Waals surface area contributed by atoms with Crippen molar-refractivity contribution in [1.29, 1.82) is 0 Å². The lowest BCUT2D eigenvalue weighted by atomic mass is 9.90. The Labute approximate surface area is 157 Å². The SMILES string of the molecule is CCOc1ccccc1C(CC)NC(=O)CN1CCC(C)(CN)C1.Cl. The normalized spacial score (nSPS) is 21.4. The van der Waals surface area contributed by atoms with E-state index in [1.807, 2.05) is 31.2 Å². The van der Waals surface area contributed by atoms with Gasteiger partial charge in [0.15, 0.2) is 0 Å². The smallest absolute Gasteiger partial charge is 0.234 e. The average Bonchev–Trinajstić information content (AvgIpc) is 2.95. The van der Waals surface area contributed by atoms with Gasteiger partial charge in [0.05, 0.1) is 19.2 Å². The zero-order chi connectivity index (χ0) is 17.6. The molecule has 142 valence electrons. The molecular weight excluding hydrogens is 338 g/mol. The summed E-state index contributed by atoms with van der Waals surface area (Å²) in [6.45, 7) is 9.79. The van der Waals surface area contributed by atoms with E-state index in [9.17, 15) is 4.79 Å². The van der Waals surface area contributed by atoms with Crippen molar-refractivity contribution in [2.24, 2.45) is 11.1 Å². The van der Waals surface area contributed by atoms with Gasteiger partial charge in [0.1, 0.15) is 5.75 Å². The van der Waals surface area contributed by atoms with Crippen molar-refractivity contribution in [3.63, 3.8) is 0 Å². The van der Waals surface area contributed by atoms with Gasteiger partial charge in [-0.1, -0.05) is 32.0 Å². The molecule has 2 rings (SSSR count). The van der Waals surface area contributed by atoms with Crippen LogP contribution in [0, 0.1) is 5.41 Å². The van der Waals surface area contributed by atoms with Gasteiger partial charge in [0.2, 0.25) is 5.91 Å². The van der Waals surface area contributed by atoms with E-state index < -0.39 is 0 Å². The summed E-state index contributed by atoms with van der Waals surface area (Å²) < 4.78 is 5.70. The number of amides is 1. The number of rotatable bonds is 8. The average molecular weight is 370 g/mol. The van der Waals surface area contributed by atoms with Gasteiger partial charge >= 0.3 is 0 Å². The zero-order valence-electron chi connectivity index (χ0n) is 15.6. The van der Waals surface area contributed by atoms with Gasteiger partial charge in [0, 0.05) is 12.1 Å². The van der Waals surface area contributed by atoms with Crippen molar-refractivity contribution in [1.82, 2.24) is 10.2 Å². The molecule has 0 radical (unpaired) electrons. The van der Waals surface area contributed by atoms with Crippen LogP contribution < -0.4 is 15.8 Å². The third kappa shape index (κ3) is 5.87. The van der Waals surface area contributed by atoms with Gasteiger partial charge in [-0.05, 0) is 44.3 Å². The topological polar surface area (TPSA) is 67.6 Å². The van der Waals surface area contributed by atoms with Crippen molar-refractivity contribution < 1.29 is 9.53 Å². The van der Waals surface area contributed by atoms with Crippen LogP contribution in [0.3, 0.4) is 0 Å². The minimum Gasteiger partial charge on any atom is -0.494 e. The second-order valence-corrected chi connectivity index (χ2v) is 6.97. The third-order valence-corrected chi connectivity index (χ3v) is 4.83. The van der Waals surface area contributed by atoms with Gasteiger partial charge in [-0.15, -0.1) is 12.4 Å². The van der Waals surface area contributed by atoms with E-state index in [0.717, 1.165) is 37.2 Å². The van der Waals surface area contributed by atoms with Crippen LogP contribution in [0.1, 0.15) is 45.2 Å². The predicted molar refractivity (Wildman–Crippen MR) is 104 cm³/mol. The van der Waals surface area contributed by atoms with E-state index in [2.05, 4.69) is 24.1 Å². The molecular formula is C19H32ClN3O2. The van der Waals surface area contributed by atoms with E-state index in [0.29, 0.717) is 19.7 Å². The van der Waals surface area contributed by atoms with Crippen LogP contribution >= 0.6 is 12.4 Å². The van der Waals surface area contributed by atoms with Crippen molar-refractivity contribution in [3.8, 4) is 5.75 Å². The van der Waals surface area contributed by atoms with E-state index in [1.165, 1.54) is 0 Å². The van der Waals surface area contributed by atoms with Crippen LogP contribution in [0.5, 0.6) is 5.75 Å². The Balaban J connectivity index is 0.00000312. The zero-order valence-corrected chi connectivity index (χ0v) is 16.4. The molecule has 0 bridgehead atoms. The molecule has 1 aromatic carbocycles. The third-order valence-electron chi connectivity index (χ3n) is 4.83. The molecule has 1 amide bonds. The van der Waals surface area contributed by atoms with E-state index in [4.69, 9.17) is 10.5 Å². The molecule has 1 fully saturated rings. The molecule has 0 saturated carbocycles. The molecule has 1 aliphatic rings. The lowest BCUT2D eigenvalue weighted by Gasteiger charge is -2.24. The summed E-state index contributed by atoms with van der Waals surface area (Å²) in [7, 11) is 0. The number of benzene rings is 1. The maximum Gasteiger partial charge on any atom is 0.234 e. The molecule has 3 N–H and O–H groups in total. The Morgan fingerprint density at radius 3 is 2.72 bits per heavy atom. The molecule has 0 aliphatic carbocycles. The first kappa shape index (κ1) is 21.7. The van der Waals surface area contributed by atoms with Crippen LogP contribution in [-0.4, -0.2) is 43.6 Å². The Hall–Kier alpha value is -1.30. The Morgan fingerprint density at radius 1 is 1.40 bits per heavy atom. The molecule has 0 spiro atoms. The van der Waals surface area contributed by atoms with Crippen LogP contribution in [0.2, 0.25) is 0 Å². The van der Waals surface area contributed by atoms with Gasteiger partial charge in [0.25, 0.3) is 0 Å². The number of hydrogen-bond donors (Lipinski definition) is 2. The van der Waals surface area contributed by atoms with Crippen molar-refractivity contribution in [2.75, 3.05) is 32.8 Å². The fourth-order valence-electron chi connectivity index (χ4n) is 3.33. The Bertz CT molecular complexity index is 555. The summed E-state index contributed by atoms with van der Waals surface area (Å²) in [6, 6.07) is 7.91. The molecule has 0 aromatic heterocycles. The maximum absolute atomic E-state index is 12.5. The highest BCUT2D eigenvalue weighted by molar-refractivity contribution is 5.85. The monoisotopic (exact) mass is 369 g/mol. The minimum absolute atomic E-state index is 0. The molecule has 2 atom stereocenters. The van der Waals surface area contributed by atoms with Crippen molar-refractivity contribution >= 4 is 18.3 Å². The van der Waals surface area contributed by atoms with Gasteiger partial charge in [-0.3, -0.25) is 9.69 Å². The standard InChI is InChI=1S/C19H31N3O2.ClH/c1-4-16(15-8-6-7-9-17(15)24-5-2)21-18(23)12-22-11-10-19(3,13-20)14-22;/h6-9,16H,4-5,10-14,20H2,1-3H3,(H,21,23);1H. The quantitative estimate of drug-likeness (QED) is 0.739. The second-order valence-electron chi connectivity index (χ2n) is 6.97. The first-order chi connectivity index (χ1) is 11.5. The maximum atomic E-state index is 12.5. The molecule has 1 heterocycles. The lowest BCUT2D eigenvalue weighted by Crippen LogP contribution is -2.39. The number of carbonyl (C=O) groups excluding carboxylic acids is 1. The molecule has 1 aromatic rings. The number of carbonyl (C=O) groups is 1. The highest BCUT2D eigenvalue weighted by Gasteiger charge is 2.33. The molecule has 1 aliphatic heterocycles. The molecule has 2 unspecified atom stereocenters. The summed E-state index contributed by atoms with van der Waals surface area (Å²) in [5.74, 6) is 0.915. The Morgan fingerprint density at radius 2 is 2.12 bits per heavy atom. The Kier molecular flexibility index (Phi) is 8.69. The highest BCUT2D eigenvalue weighted by Crippen LogP contribution is 2.29. The minimum atomic E-state index is -0.0243. The molecule has 25 heavy (non-hydrogen) atoms. The fourth-order valence-corrected chi connectivity index (χ4v) is 3.33. The summed E-state index contributed by atoms with van der Waals surface area (Å²) >= 11 is 0. The first-order valence-electron chi connectivity index (χ1n) is 8.95. The van der Waals surface area contributed by atoms with Gasteiger partial charge in [-0.25, -0.2) is 0 Å². The van der Waals surface area contributed by atoms with E-state index in [-0.39, 0.29) is 29.8 Å². The largest absolute Gasteiger partial charge is 0.494 e. The second kappa shape index (κ2) is 10.00. The van der Waals surface area contributed by atoms with Crippen LogP contribution in [0.25, 0.3) is 0 Å². The first-order valence-corrected chi connectivity index (χ1v) is 8.95. The molecule has 1 saturated heterocycles. The number of hydrogen-bond acceptors (Lipinski definition) is 4. The van der Waals surface area contributed by atoms with Gasteiger partial charge in [-0.2, -0.15) is 0 Å². The fraction of sp³-hybridized carbons (Fsp3) is 0.632. The lowest BCUT2D eigenvalue weighted by molar-refractivity contribution is -0.122. The highest BCUT2D eigenvalue weighted by atomic mass is 35.5. The number of nitrogens with two attached hydrogens (primary N) is 1. The summed E-state index contributed by atoms with van der Waals surface area (Å²) in [4.78, 5) is 14.7. The molecule has 5 nitrogen and oxygen atoms in total. The van der Waals surface area contributed by atoms with Crippen LogP contribution in [-0.2, 0) is 4.79 Å². The number of nitrogens with one attached hydrogen (secondary N) is 1. The molecule has 6 heteroatoms. The van der Waals surface area contributed by atoms with E-state index >= 15 is 0 Å². The summed E-state index contributed by atoms with van der Waals surface area (Å²) in [5.41, 5.74) is 7.03. The van der Waals surface area contributed by atoms with Crippen molar-refractivity contribution in [3.05, 3.63) is 29.8 Å². The number of ether oxygens (including phenoxy) is 1. The number of para-hydroxylation sites is 1. The van der Waals surface area contributed by atoms with Crippen LogP contribution in [0.15, 0.2) is 24.3 Å². The summed E-state index contributed by atoms with van der Waals surface area (Å²) in [5, 5.41) is 3.16. The number of halogens is 1.